The predicted molar refractivity (Wildman–Crippen MR) is 100 cm³/mol. The van der Waals surface area contributed by atoms with Gasteiger partial charge in [0.1, 0.15) is 23.7 Å². The summed E-state index contributed by atoms with van der Waals surface area (Å²) in [5.74, 6) is 3.67. The standard InChI is InChI=1S/C20H26N4O/c1-14-5-4-10-24(12-14)20-11-19(21-13-22-20)23-17-9-8-16-15(17)6-3-7-18(16)25-2/h3,6-7,11,13-14,17H,4-5,8-10,12H2,1-2H3,(H,21,22,23). The Labute approximate surface area is 149 Å². The van der Waals surface area contributed by atoms with E-state index in [1.165, 1.54) is 24.0 Å². The van der Waals surface area contributed by atoms with E-state index in [2.05, 4.69) is 45.3 Å². The number of fused-ring (bicyclic) bond motifs is 1. The van der Waals surface area contributed by atoms with Crippen LogP contribution < -0.4 is 15.0 Å². The molecule has 0 saturated carbocycles. The number of benzene rings is 1. The molecule has 2 heterocycles. The third kappa shape index (κ3) is 3.28. The van der Waals surface area contributed by atoms with Gasteiger partial charge in [0, 0.05) is 19.2 Å². The van der Waals surface area contributed by atoms with Crippen molar-refractivity contribution in [2.75, 3.05) is 30.4 Å². The van der Waals surface area contributed by atoms with Gasteiger partial charge in [-0.3, -0.25) is 0 Å². The van der Waals surface area contributed by atoms with E-state index >= 15 is 0 Å². The maximum absolute atomic E-state index is 5.50. The number of aromatic nitrogens is 2. The highest BCUT2D eigenvalue weighted by atomic mass is 16.5. The molecule has 0 spiro atoms. The molecule has 2 aliphatic rings. The summed E-state index contributed by atoms with van der Waals surface area (Å²) in [7, 11) is 1.74. The first-order valence-corrected chi connectivity index (χ1v) is 9.24. The fourth-order valence-corrected chi connectivity index (χ4v) is 4.14. The first kappa shape index (κ1) is 16.2. The summed E-state index contributed by atoms with van der Waals surface area (Å²) in [6.45, 7) is 4.49. The lowest BCUT2D eigenvalue weighted by molar-refractivity contribution is 0.410. The van der Waals surface area contributed by atoms with Crippen molar-refractivity contribution >= 4 is 11.6 Å². The third-order valence-corrected chi connectivity index (χ3v) is 5.40. The lowest BCUT2D eigenvalue weighted by Crippen LogP contribution is -2.34. The van der Waals surface area contributed by atoms with E-state index in [0.29, 0.717) is 0 Å². The van der Waals surface area contributed by atoms with Crippen LogP contribution >= 0.6 is 0 Å². The molecule has 1 fully saturated rings. The van der Waals surface area contributed by atoms with Gasteiger partial charge in [-0.05, 0) is 48.8 Å². The summed E-state index contributed by atoms with van der Waals surface area (Å²) >= 11 is 0. The number of anilines is 2. The van der Waals surface area contributed by atoms with Crippen molar-refractivity contribution in [1.29, 1.82) is 0 Å². The Hall–Kier alpha value is -2.30. The predicted octanol–water partition coefficient (Wildman–Crippen LogP) is 3.82. The number of rotatable bonds is 4. The summed E-state index contributed by atoms with van der Waals surface area (Å²) < 4.78 is 5.50. The zero-order valence-corrected chi connectivity index (χ0v) is 15.0. The first-order chi connectivity index (χ1) is 12.2. The minimum Gasteiger partial charge on any atom is -0.496 e. The van der Waals surface area contributed by atoms with Gasteiger partial charge in [0.25, 0.3) is 0 Å². The Morgan fingerprint density at radius 2 is 2.16 bits per heavy atom. The number of nitrogens with one attached hydrogen (secondary N) is 1. The van der Waals surface area contributed by atoms with Gasteiger partial charge >= 0.3 is 0 Å². The van der Waals surface area contributed by atoms with E-state index in [4.69, 9.17) is 4.74 Å². The number of methoxy groups -OCH3 is 1. The van der Waals surface area contributed by atoms with Crippen LogP contribution in [0.1, 0.15) is 43.4 Å². The van der Waals surface area contributed by atoms with Crippen molar-refractivity contribution in [3.8, 4) is 5.75 Å². The van der Waals surface area contributed by atoms with Crippen LogP contribution in [0.4, 0.5) is 11.6 Å². The van der Waals surface area contributed by atoms with E-state index < -0.39 is 0 Å². The average Bonchev–Trinajstić information content (AvgIpc) is 3.05. The molecule has 1 aliphatic carbocycles. The van der Waals surface area contributed by atoms with Gasteiger partial charge in [0.15, 0.2) is 0 Å². The quantitative estimate of drug-likeness (QED) is 0.918. The second-order valence-electron chi connectivity index (χ2n) is 7.22. The van der Waals surface area contributed by atoms with Gasteiger partial charge in [0.05, 0.1) is 13.2 Å². The second kappa shape index (κ2) is 6.90. The highest BCUT2D eigenvalue weighted by Gasteiger charge is 2.25. The highest BCUT2D eigenvalue weighted by molar-refractivity contribution is 5.53. The number of ether oxygens (including phenoxy) is 1. The fourth-order valence-electron chi connectivity index (χ4n) is 4.14. The summed E-state index contributed by atoms with van der Waals surface area (Å²) in [5.41, 5.74) is 2.65. The Kier molecular flexibility index (Phi) is 4.47. The largest absolute Gasteiger partial charge is 0.496 e. The number of piperidine rings is 1. The van der Waals surface area contributed by atoms with Crippen LogP contribution in [0.3, 0.4) is 0 Å². The molecule has 0 bridgehead atoms. The van der Waals surface area contributed by atoms with E-state index in [0.717, 1.165) is 49.2 Å². The monoisotopic (exact) mass is 338 g/mol. The van der Waals surface area contributed by atoms with Crippen molar-refractivity contribution in [3.05, 3.63) is 41.7 Å². The zero-order chi connectivity index (χ0) is 17.2. The molecular weight excluding hydrogens is 312 g/mol. The Morgan fingerprint density at radius 3 is 3.00 bits per heavy atom. The first-order valence-electron chi connectivity index (χ1n) is 9.24. The number of nitrogens with zero attached hydrogens (tertiary/aromatic N) is 3. The van der Waals surface area contributed by atoms with Crippen LogP contribution in [0.2, 0.25) is 0 Å². The van der Waals surface area contributed by atoms with Crippen molar-refractivity contribution in [3.63, 3.8) is 0 Å². The third-order valence-electron chi connectivity index (χ3n) is 5.40. The summed E-state index contributed by atoms with van der Waals surface area (Å²) in [4.78, 5) is 11.3. The second-order valence-corrected chi connectivity index (χ2v) is 7.22. The normalized spacial score (nSPS) is 22.6. The number of hydrogen-bond acceptors (Lipinski definition) is 5. The van der Waals surface area contributed by atoms with E-state index in [1.54, 1.807) is 13.4 Å². The molecule has 5 nitrogen and oxygen atoms in total. The molecule has 1 saturated heterocycles. The molecular formula is C20H26N4O. The van der Waals surface area contributed by atoms with Gasteiger partial charge in [0.2, 0.25) is 0 Å². The van der Waals surface area contributed by atoms with Crippen molar-refractivity contribution in [2.45, 2.75) is 38.6 Å². The molecule has 5 heteroatoms. The zero-order valence-electron chi connectivity index (χ0n) is 15.0. The minimum absolute atomic E-state index is 0.285. The van der Waals surface area contributed by atoms with E-state index in [1.807, 2.05) is 6.07 Å². The molecule has 2 aromatic rings. The van der Waals surface area contributed by atoms with Gasteiger partial charge in [-0.25, -0.2) is 9.97 Å². The van der Waals surface area contributed by atoms with Gasteiger partial charge < -0.3 is 15.0 Å². The lowest BCUT2D eigenvalue weighted by atomic mass is 10.0. The van der Waals surface area contributed by atoms with E-state index in [-0.39, 0.29) is 6.04 Å². The summed E-state index contributed by atoms with van der Waals surface area (Å²) in [6.07, 6.45) is 6.34. The van der Waals surface area contributed by atoms with Crippen LogP contribution in [0.25, 0.3) is 0 Å². The minimum atomic E-state index is 0.285. The maximum atomic E-state index is 5.50. The Morgan fingerprint density at radius 1 is 1.24 bits per heavy atom. The summed E-state index contributed by atoms with van der Waals surface area (Å²) in [6, 6.07) is 8.68. The molecule has 25 heavy (non-hydrogen) atoms. The highest BCUT2D eigenvalue weighted by Crippen LogP contribution is 2.38. The Balaban J connectivity index is 1.52. The van der Waals surface area contributed by atoms with Gasteiger partial charge in [-0.15, -0.1) is 0 Å². The smallest absolute Gasteiger partial charge is 0.134 e. The molecule has 1 aliphatic heterocycles. The van der Waals surface area contributed by atoms with Crippen LogP contribution in [0.15, 0.2) is 30.6 Å². The van der Waals surface area contributed by atoms with Crippen molar-refractivity contribution in [2.24, 2.45) is 5.92 Å². The Bertz CT molecular complexity index is 748. The molecule has 4 rings (SSSR count). The van der Waals surface area contributed by atoms with Crippen LogP contribution in [-0.4, -0.2) is 30.2 Å². The SMILES string of the molecule is COc1cccc2c1CCC2Nc1cc(N2CCCC(C)C2)ncn1. The molecule has 2 unspecified atom stereocenters. The van der Waals surface area contributed by atoms with Crippen molar-refractivity contribution < 1.29 is 4.74 Å². The van der Waals surface area contributed by atoms with Gasteiger partial charge in [-0.1, -0.05) is 19.1 Å². The van der Waals surface area contributed by atoms with Crippen LogP contribution in [0, 0.1) is 5.92 Å². The molecule has 0 amide bonds. The molecule has 0 radical (unpaired) electrons. The average molecular weight is 338 g/mol. The summed E-state index contributed by atoms with van der Waals surface area (Å²) in [5, 5.41) is 3.61. The van der Waals surface area contributed by atoms with Gasteiger partial charge in [-0.2, -0.15) is 0 Å². The molecule has 1 aromatic heterocycles. The molecule has 1 aromatic carbocycles. The van der Waals surface area contributed by atoms with Crippen LogP contribution in [-0.2, 0) is 6.42 Å². The topological polar surface area (TPSA) is 50.3 Å². The molecule has 132 valence electrons. The molecule has 2 atom stereocenters. The lowest BCUT2D eigenvalue weighted by Gasteiger charge is -2.32. The molecule has 1 N–H and O–H groups in total. The van der Waals surface area contributed by atoms with Crippen LogP contribution in [0.5, 0.6) is 5.75 Å². The van der Waals surface area contributed by atoms with Crippen molar-refractivity contribution in [1.82, 2.24) is 9.97 Å². The maximum Gasteiger partial charge on any atom is 0.134 e. The van der Waals surface area contributed by atoms with E-state index in [9.17, 15) is 0 Å². The fraction of sp³-hybridized carbons (Fsp3) is 0.500. The number of hydrogen-bond donors (Lipinski definition) is 1.